The van der Waals surface area contributed by atoms with Crippen LogP contribution in [0.15, 0.2) is 9.66 Å². The third kappa shape index (κ3) is 4.91. The largest absolute Gasteiger partial charge is 0.413 e. The van der Waals surface area contributed by atoms with Gasteiger partial charge in [0.25, 0.3) is 0 Å². The average molecular weight is 328 g/mol. The second-order valence-corrected chi connectivity index (χ2v) is 11.1. The number of hydrogen-bond donors (Lipinski definition) is 1. The average Bonchev–Trinajstić information content (AvgIpc) is 2.01. The van der Waals surface area contributed by atoms with Crippen LogP contribution in [0.3, 0.4) is 0 Å². The first-order valence-corrected chi connectivity index (χ1v) is 8.79. The molecule has 0 unspecified atom stereocenters. The molecule has 4 heteroatoms. The highest BCUT2D eigenvalue weighted by molar-refractivity contribution is 14.1. The molecule has 0 radical (unpaired) electrons. The molecule has 0 aliphatic carbocycles. The van der Waals surface area contributed by atoms with Gasteiger partial charge < -0.3 is 9.53 Å². The van der Waals surface area contributed by atoms with Gasteiger partial charge in [0.15, 0.2) is 8.32 Å². The van der Waals surface area contributed by atoms with Crippen molar-refractivity contribution in [2.75, 3.05) is 13.2 Å². The van der Waals surface area contributed by atoms with Crippen LogP contribution in [0.2, 0.25) is 18.1 Å². The van der Waals surface area contributed by atoms with Crippen molar-refractivity contribution in [2.24, 2.45) is 0 Å². The summed E-state index contributed by atoms with van der Waals surface area (Å²) in [5, 5.41) is 9.06. The van der Waals surface area contributed by atoms with E-state index < -0.39 is 8.32 Å². The summed E-state index contributed by atoms with van der Waals surface area (Å²) in [4.78, 5) is 0. The minimum atomic E-state index is -1.61. The van der Waals surface area contributed by atoms with E-state index in [-0.39, 0.29) is 11.6 Å². The number of aliphatic hydroxyl groups excluding tert-OH is 1. The van der Waals surface area contributed by atoms with Crippen molar-refractivity contribution in [1.82, 2.24) is 0 Å². The van der Waals surface area contributed by atoms with E-state index in [9.17, 15) is 0 Å². The molecule has 0 rings (SSSR count). The monoisotopic (exact) mass is 328 g/mol. The lowest BCUT2D eigenvalue weighted by atomic mass is 10.2. The van der Waals surface area contributed by atoms with Crippen molar-refractivity contribution >= 4 is 30.9 Å². The van der Waals surface area contributed by atoms with Crippen molar-refractivity contribution in [3.05, 3.63) is 9.66 Å². The summed E-state index contributed by atoms with van der Waals surface area (Å²) in [5.41, 5.74) is 0. The molecule has 0 spiro atoms. The molecule has 84 valence electrons. The Kier molecular flexibility index (Phi) is 5.87. The standard InChI is InChI=1S/C10H21IO2Si/c1-10(2,3)14(4,5)13-7-6-9(11)8-12/h6,12H,7-8H2,1-5H3/b9-6+. The number of aliphatic hydroxyl groups is 1. The number of halogens is 1. The van der Waals surface area contributed by atoms with E-state index in [1.807, 2.05) is 6.08 Å². The summed E-state index contributed by atoms with van der Waals surface area (Å²) in [6.45, 7) is 11.9. The molecule has 0 aliphatic rings. The SMILES string of the molecule is CC(C)(C)[Si](C)(C)OC/C=C(/I)CO. The third-order valence-corrected chi connectivity index (χ3v) is 7.99. The molecule has 2 nitrogen and oxygen atoms in total. The molecule has 0 atom stereocenters. The van der Waals surface area contributed by atoms with Gasteiger partial charge in [-0.2, -0.15) is 0 Å². The summed E-state index contributed by atoms with van der Waals surface area (Å²) in [6, 6.07) is 0. The topological polar surface area (TPSA) is 29.5 Å². The zero-order chi connectivity index (χ0) is 11.4. The second kappa shape index (κ2) is 5.63. The minimum Gasteiger partial charge on any atom is -0.413 e. The van der Waals surface area contributed by atoms with E-state index in [2.05, 4.69) is 56.5 Å². The summed E-state index contributed by atoms with van der Waals surface area (Å²) in [7, 11) is -1.61. The van der Waals surface area contributed by atoms with Crippen LogP contribution in [0, 0.1) is 0 Å². The number of hydrogen-bond acceptors (Lipinski definition) is 2. The van der Waals surface area contributed by atoms with Gasteiger partial charge in [-0.05, 0) is 46.8 Å². The highest BCUT2D eigenvalue weighted by atomic mass is 127. The first-order chi connectivity index (χ1) is 6.20. The smallest absolute Gasteiger partial charge is 0.192 e. The second-order valence-electron chi connectivity index (χ2n) is 4.88. The van der Waals surface area contributed by atoms with Crippen molar-refractivity contribution in [1.29, 1.82) is 0 Å². The predicted octanol–water partition coefficient (Wildman–Crippen LogP) is 3.32. The zero-order valence-electron chi connectivity index (χ0n) is 9.72. The van der Waals surface area contributed by atoms with Gasteiger partial charge in [0.1, 0.15) is 0 Å². The highest BCUT2D eigenvalue weighted by Gasteiger charge is 2.36. The Labute approximate surface area is 102 Å². The molecular formula is C10H21IO2Si. The van der Waals surface area contributed by atoms with Crippen LogP contribution in [0.5, 0.6) is 0 Å². The molecule has 0 aromatic carbocycles. The van der Waals surface area contributed by atoms with Crippen molar-refractivity contribution < 1.29 is 9.53 Å². The van der Waals surface area contributed by atoms with E-state index in [4.69, 9.17) is 9.53 Å². The molecule has 0 aromatic rings. The number of rotatable bonds is 4. The summed E-state index contributed by atoms with van der Waals surface area (Å²) >= 11 is 2.12. The van der Waals surface area contributed by atoms with Gasteiger partial charge >= 0.3 is 0 Å². The molecule has 0 bridgehead atoms. The van der Waals surface area contributed by atoms with E-state index in [1.165, 1.54) is 0 Å². The Bertz CT molecular complexity index is 207. The first-order valence-electron chi connectivity index (χ1n) is 4.80. The van der Waals surface area contributed by atoms with Crippen LogP contribution in [0.25, 0.3) is 0 Å². The van der Waals surface area contributed by atoms with Gasteiger partial charge in [0.2, 0.25) is 0 Å². The Balaban J connectivity index is 4.14. The summed E-state index contributed by atoms with van der Waals surface area (Å²) < 4.78 is 6.86. The molecular weight excluding hydrogens is 307 g/mol. The highest BCUT2D eigenvalue weighted by Crippen LogP contribution is 2.36. The minimum absolute atomic E-state index is 0.113. The Morgan fingerprint density at radius 1 is 1.43 bits per heavy atom. The molecule has 0 aliphatic heterocycles. The van der Waals surface area contributed by atoms with Crippen LogP contribution in [-0.4, -0.2) is 26.6 Å². The van der Waals surface area contributed by atoms with Crippen LogP contribution in [-0.2, 0) is 4.43 Å². The molecule has 0 heterocycles. The first kappa shape index (κ1) is 14.6. The van der Waals surface area contributed by atoms with Gasteiger partial charge in [-0.1, -0.05) is 20.8 Å². The maximum atomic E-state index is 8.80. The van der Waals surface area contributed by atoms with Gasteiger partial charge in [-0.3, -0.25) is 0 Å². The molecule has 0 saturated carbocycles. The van der Waals surface area contributed by atoms with Crippen LogP contribution >= 0.6 is 22.6 Å². The van der Waals surface area contributed by atoms with E-state index in [0.717, 1.165) is 3.58 Å². The summed E-state index contributed by atoms with van der Waals surface area (Å²) in [6.07, 6.45) is 1.95. The van der Waals surface area contributed by atoms with Gasteiger partial charge in [-0.25, -0.2) is 0 Å². The maximum Gasteiger partial charge on any atom is 0.192 e. The van der Waals surface area contributed by atoms with Gasteiger partial charge in [0, 0.05) is 3.58 Å². The normalized spacial score (nSPS) is 14.6. The molecule has 0 aromatic heterocycles. The fourth-order valence-corrected chi connectivity index (χ4v) is 1.73. The Morgan fingerprint density at radius 2 is 1.93 bits per heavy atom. The molecule has 0 fully saturated rings. The van der Waals surface area contributed by atoms with Crippen LogP contribution in [0.4, 0.5) is 0 Å². The Morgan fingerprint density at radius 3 is 2.29 bits per heavy atom. The quantitative estimate of drug-likeness (QED) is 0.634. The molecule has 0 saturated heterocycles. The van der Waals surface area contributed by atoms with E-state index in [0.29, 0.717) is 6.61 Å². The predicted molar refractivity (Wildman–Crippen MR) is 72.3 cm³/mol. The lowest BCUT2D eigenvalue weighted by Crippen LogP contribution is -2.40. The van der Waals surface area contributed by atoms with Crippen LogP contribution < -0.4 is 0 Å². The maximum absolute atomic E-state index is 8.80. The zero-order valence-corrected chi connectivity index (χ0v) is 12.9. The molecule has 0 amide bonds. The fraction of sp³-hybridized carbons (Fsp3) is 0.800. The lowest BCUT2D eigenvalue weighted by Gasteiger charge is -2.35. The Hall–Kier alpha value is 0.607. The lowest BCUT2D eigenvalue weighted by molar-refractivity contribution is 0.320. The summed E-state index contributed by atoms with van der Waals surface area (Å²) in [5.74, 6) is 0. The van der Waals surface area contributed by atoms with Gasteiger partial charge in [-0.15, -0.1) is 0 Å². The van der Waals surface area contributed by atoms with Crippen molar-refractivity contribution in [3.63, 3.8) is 0 Å². The van der Waals surface area contributed by atoms with Gasteiger partial charge in [0.05, 0.1) is 13.2 Å². The van der Waals surface area contributed by atoms with Crippen LogP contribution in [0.1, 0.15) is 20.8 Å². The van der Waals surface area contributed by atoms with E-state index in [1.54, 1.807) is 0 Å². The molecule has 1 N–H and O–H groups in total. The van der Waals surface area contributed by atoms with E-state index >= 15 is 0 Å². The fourth-order valence-electron chi connectivity index (χ4n) is 0.621. The van der Waals surface area contributed by atoms with Crippen molar-refractivity contribution in [2.45, 2.75) is 38.9 Å². The third-order valence-electron chi connectivity index (χ3n) is 2.71. The van der Waals surface area contributed by atoms with Crippen molar-refractivity contribution in [3.8, 4) is 0 Å². The molecule has 14 heavy (non-hydrogen) atoms.